The Kier molecular flexibility index (Phi) is 3.24. The van der Waals surface area contributed by atoms with Crippen LogP contribution in [0.1, 0.15) is 6.42 Å². The van der Waals surface area contributed by atoms with Gasteiger partial charge in [-0.15, -0.1) is 10.3 Å². The predicted molar refractivity (Wildman–Crippen MR) is 73.8 cm³/mol. The summed E-state index contributed by atoms with van der Waals surface area (Å²) in [4.78, 5) is 18.3. The van der Waals surface area contributed by atoms with Crippen LogP contribution in [0.3, 0.4) is 0 Å². The molecule has 1 atom stereocenters. The van der Waals surface area contributed by atoms with E-state index in [0.29, 0.717) is 0 Å². The zero-order chi connectivity index (χ0) is 13.9. The molecule has 20 heavy (non-hydrogen) atoms. The smallest absolute Gasteiger partial charge is 0.391 e. The largest absolute Gasteiger partial charge is 0.434 e. The fourth-order valence-electron chi connectivity index (χ4n) is 2.34. The third-order valence-corrected chi connectivity index (χ3v) is 3.26. The van der Waals surface area contributed by atoms with E-state index in [0.717, 1.165) is 30.8 Å². The molecule has 7 nitrogen and oxygen atoms in total. The molecule has 0 amide bonds. The maximum atomic E-state index is 11.0. The molecular formula is C13H14N4O3. The molecule has 1 aliphatic heterocycles. The van der Waals surface area contributed by atoms with Gasteiger partial charge in [-0.1, -0.05) is 6.07 Å². The summed E-state index contributed by atoms with van der Waals surface area (Å²) < 4.78 is 4.96. The molecule has 104 valence electrons. The topological polar surface area (TPSA) is 83.7 Å². The normalized spacial score (nSPS) is 18.2. The molecular weight excluding hydrogens is 260 g/mol. The first-order valence-corrected chi connectivity index (χ1v) is 6.29. The van der Waals surface area contributed by atoms with Gasteiger partial charge in [-0.2, -0.15) is 0 Å². The third kappa shape index (κ3) is 2.42. The molecule has 2 heterocycles. The molecule has 7 heteroatoms. The fourth-order valence-corrected chi connectivity index (χ4v) is 2.34. The molecule has 1 N–H and O–H groups in total. The van der Waals surface area contributed by atoms with E-state index in [1.54, 1.807) is 0 Å². The maximum absolute atomic E-state index is 11.0. The molecule has 1 saturated heterocycles. The number of oxime groups is 1. The van der Waals surface area contributed by atoms with Gasteiger partial charge >= 0.3 is 5.76 Å². The summed E-state index contributed by atoms with van der Waals surface area (Å²) in [7, 11) is 0. The number of benzene rings is 1. The number of nitrogens with one attached hydrogen (secondary N) is 1. The number of H-pyrrole nitrogens is 1. The monoisotopic (exact) mass is 274 g/mol. The van der Waals surface area contributed by atoms with Gasteiger partial charge in [0.15, 0.2) is 0 Å². The highest BCUT2D eigenvalue weighted by Gasteiger charge is 2.24. The molecule has 0 aliphatic carbocycles. The van der Waals surface area contributed by atoms with E-state index >= 15 is 0 Å². The van der Waals surface area contributed by atoms with Crippen LogP contribution in [0.25, 0.3) is 11.5 Å². The highest BCUT2D eigenvalue weighted by molar-refractivity contribution is 5.62. The minimum Gasteiger partial charge on any atom is -0.391 e. The lowest BCUT2D eigenvalue weighted by atomic mass is 10.2. The fraction of sp³-hybridized carbons (Fsp3) is 0.308. The second kappa shape index (κ2) is 5.20. The molecule has 0 saturated carbocycles. The van der Waals surface area contributed by atoms with Crippen molar-refractivity contribution in [1.82, 2.24) is 10.2 Å². The minimum absolute atomic E-state index is 0.0690. The van der Waals surface area contributed by atoms with Gasteiger partial charge in [-0.3, -0.25) is 0 Å². The molecule has 0 spiro atoms. The van der Waals surface area contributed by atoms with Crippen LogP contribution >= 0.6 is 0 Å². The Hall–Kier alpha value is -2.57. The van der Waals surface area contributed by atoms with Crippen LogP contribution in [0.2, 0.25) is 0 Å². The number of nitrogens with zero attached hydrogens (tertiary/aromatic N) is 3. The van der Waals surface area contributed by atoms with Gasteiger partial charge in [-0.25, -0.2) is 9.89 Å². The molecule has 1 fully saturated rings. The number of hydrogen-bond donors (Lipinski definition) is 1. The van der Waals surface area contributed by atoms with Crippen molar-refractivity contribution in [3.05, 3.63) is 34.8 Å². The van der Waals surface area contributed by atoms with Gasteiger partial charge in [0, 0.05) is 30.9 Å². The minimum atomic E-state index is -0.558. The second-order valence-electron chi connectivity index (χ2n) is 4.56. The Balaban J connectivity index is 1.81. The van der Waals surface area contributed by atoms with E-state index in [1.165, 1.54) is 0 Å². The van der Waals surface area contributed by atoms with E-state index < -0.39 is 5.76 Å². The Morgan fingerprint density at radius 1 is 1.55 bits per heavy atom. The molecule has 1 aromatic carbocycles. The Morgan fingerprint density at radius 2 is 2.45 bits per heavy atom. The number of anilines is 1. The zero-order valence-electron chi connectivity index (χ0n) is 10.8. The number of aromatic amines is 1. The predicted octanol–water partition coefficient (Wildman–Crippen LogP) is 1.24. The first-order chi connectivity index (χ1) is 9.76. The van der Waals surface area contributed by atoms with Crippen molar-refractivity contribution >= 4 is 12.4 Å². The summed E-state index contributed by atoms with van der Waals surface area (Å²) in [5, 5.41) is 9.56. The quantitative estimate of drug-likeness (QED) is 0.670. The summed E-state index contributed by atoms with van der Waals surface area (Å²) in [6, 6.07) is 7.68. The van der Waals surface area contributed by atoms with Gasteiger partial charge in [0.1, 0.15) is 6.10 Å². The second-order valence-corrected chi connectivity index (χ2v) is 4.56. The Bertz CT molecular complexity index is 663. The average molecular weight is 274 g/mol. The molecule has 1 aromatic heterocycles. The lowest BCUT2D eigenvalue weighted by Crippen LogP contribution is -2.21. The average Bonchev–Trinajstić information content (AvgIpc) is 3.09. The summed E-state index contributed by atoms with van der Waals surface area (Å²) in [6.45, 7) is 4.97. The summed E-state index contributed by atoms with van der Waals surface area (Å²) in [5.74, 6) is -0.270. The number of aromatic nitrogens is 2. The van der Waals surface area contributed by atoms with Crippen LogP contribution in [-0.4, -0.2) is 36.1 Å². The van der Waals surface area contributed by atoms with Crippen LogP contribution in [0, 0.1) is 0 Å². The van der Waals surface area contributed by atoms with Crippen molar-refractivity contribution in [2.45, 2.75) is 12.5 Å². The summed E-state index contributed by atoms with van der Waals surface area (Å²) in [6.07, 6.45) is 0.972. The standard InChI is InChI=1S/C13H14N4O3/c1-14-20-11-5-6-17(8-11)10-4-2-3-9(7-10)12-15-16-13(18)19-12/h2-4,7,11H,1,5-6,8H2,(H,16,18)/t11-/m1/s1. The van der Waals surface area contributed by atoms with Crippen LogP contribution in [0.4, 0.5) is 5.69 Å². The van der Waals surface area contributed by atoms with Crippen LogP contribution in [0.5, 0.6) is 0 Å². The summed E-state index contributed by atoms with van der Waals surface area (Å²) in [5.41, 5.74) is 1.79. The van der Waals surface area contributed by atoms with Crippen molar-refractivity contribution in [1.29, 1.82) is 0 Å². The van der Waals surface area contributed by atoms with Crippen molar-refractivity contribution in [2.24, 2.45) is 5.16 Å². The van der Waals surface area contributed by atoms with E-state index in [2.05, 4.69) is 27.0 Å². The molecule has 0 radical (unpaired) electrons. The van der Waals surface area contributed by atoms with E-state index in [4.69, 9.17) is 9.25 Å². The Morgan fingerprint density at radius 3 is 3.20 bits per heavy atom. The third-order valence-electron chi connectivity index (χ3n) is 3.26. The van der Waals surface area contributed by atoms with Gasteiger partial charge < -0.3 is 14.2 Å². The maximum Gasteiger partial charge on any atom is 0.434 e. The molecule has 0 bridgehead atoms. The van der Waals surface area contributed by atoms with Gasteiger partial charge in [0.05, 0.1) is 6.54 Å². The van der Waals surface area contributed by atoms with Crippen LogP contribution < -0.4 is 10.7 Å². The van der Waals surface area contributed by atoms with E-state index in [9.17, 15) is 4.79 Å². The first kappa shape index (κ1) is 12.5. The SMILES string of the molecule is C=NO[C@@H]1CCN(c2cccc(-c3n[nH]c(=O)o3)c2)C1. The molecule has 3 rings (SSSR count). The summed E-state index contributed by atoms with van der Waals surface area (Å²) >= 11 is 0. The highest BCUT2D eigenvalue weighted by Crippen LogP contribution is 2.26. The van der Waals surface area contributed by atoms with E-state index in [-0.39, 0.29) is 12.0 Å². The van der Waals surface area contributed by atoms with Gasteiger partial charge in [0.25, 0.3) is 0 Å². The zero-order valence-corrected chi connectivity index (χ0v) is 10.8. The Labute approximate surface area is 114 Å². The number of rotatable bonds is 4. The van der Waals surface area contributed by atoms with Crippen LogP contribution in [-0.2, 0) is 4.84 Å². The van der Waals surface area contributed by atoms with Crippen LogP contribution in [0.15, 0.2) is 38.6 Å². The lowest BCUT2D eigenvalue weighted by Gasteiger charge is -2.18. The van der Waals surface area contributed by atoms with Crippen molar-refractivity contribution in [2.75, 3.05) is 18.0 Å². The lowest BCUT2D eigenvalue weighted by molar-refractivity contribution is 0.0770. The number of hydrogen-bond acceptors (Lipinski definition) is 6. The van der Waals surface area contributed by atoms with Crippen molar-refractivity contribution in [3.63, 3.8) is 0 Å². The van der Waals surface area contributed by atoms with Crippen molar-refractivity contribution in [3.8, 4) is 11.5 Å². The molecule has 0 unspecified atom stereocenters. The first-order valence-electron chi connectivity index (χ1n) is 6.29. The van der Waals surface area contributed by atoms with Gasteiger partial charge in [0.2, 0.25) is 5.89 Å². The van der Waals surface area contributed by atoms with E-state index in [1.807, 2.05) is 24.3 Å². The molecule has 1 aliphatic rings. The molecule has 2 aromatic rings. The highest BCUT2D eigenvalue weighted by atomic mass is 16.6. The van der Waals surface area contributed by atoms with Gasteiger partial charge in [-0.05, 0) is 18.2 Å². The van der Waals surface area contributed by atoms with Crippen molar-refractivity contribution < 1.29 is 9.25 Å².